The maximum absolute atomic E-state index is 4.10. The van der Waals surface area contributed by atoms with Gasteiger partial charge in [-0.2, -0.15) is 50.5 Å². The summed E-state index contributed by atoms with van der Waals surface area (Å²) < 4.78 is 0. The Balaban J connectivity index is 0. The highest BCUT2D eigenvalue weighted by Crippen LogP contribution is 2.00. The molecule has 4 heteroatoms. The fraction of sp³-hybridized carbons (Fsp3) is 1.00. The molecule has 0 rings (SSSR count). The summed E-state index contributed by atoms with van der Waals surface area (Å²) in [5, 5.41) is 0. The average Bonchev–Trinajstić information content (AvgIpc) is 2.26. The zero-order valence-corrected chi connectivity index (χ0v) is 13.1. The Labute approximate surface area is 118 Å². The van der Waals surface area contributed by atoms with Gasteiger partial charge in [-0.3, -0.25) is 0 Å². The Hall–Kier alpha value is 1.40. The standard InChI is InChI=1S/C6H14S2.C5H12S2/c7-5-3-1-2-4-6-8;6-4-2-1-3-5-7/h7-8H,1-6H2;6-7H,1-5H2. The van der Waals surface area contributed by atoms with Crippen LogP contribution >= 0.6 is 50.5 Å². The summed E-state index contributed by atoms with van der Waals surface area (Å²) in [6, 6.07) is 0. The molecule has 0 amide bonds. The minimum Gasteiger partial charge on any atom is -0.179 e. The SMILES string of the molecule is SCCCCCCS.SCCCCCS. The molecule has 0 radical (unpaired) electrons. The van der Waals surface area contributed by atoms with E-state index in [0.717, 1.165) is 23.0 Å². The fourth-order valence-corrected chi connectivity index (χ4v) is 1.87. The molecule has 0 atom stereocenters. The van der Waals surface area contributed by atoms with Crippen LogP contribution in [0.4, 0.5) is 0 Å². The van der Waals surface area contributed by atoms with Gasteiger partial charge in [-0.25, -0.2) is 0 Å². The van der Waals surface area contributed by atoms with Crippen molar-refractivity contribution in [2.45, 2.75) is 44.9 Å². The van der Waals surface area contributed by atoms with Gasteiger partial charge in [0.15, 0.2) is 0 Å². The van der Waals surface area contributed by atoms with Crippen molar-refractivity contribution in [1.29, 1.82) is 0 Å². The van der Waals surface area contributed by atoms with E-state index in [1.165, 1.54) is 44.9 Å². The Morgan fingerprint density at radius 2 is 0.533 bits per heavy atom. The molecule has 0 aliphatic heterocycles. The molecule has 0 aromatic carbocycles. The number of hydrogen-bond donors (Lipinski definition) is 4. The molecule has 0 bridgehead atoms. The van der Waals surface area contributed by atoms with Crippen LogP contribution in [0.2, 0.25) is 0 Å². The highest BCUT2D eigenvalue weighted by atomic mass is 32.1. The maximum Gasteiger partial charge on any atom is -0.00979 e. The molecule has 94 valence electrons. The lowest BCUT2D eigenvalue weighted by Gasteiger charge is -1.93. The monoisotopic (exact) mass is 286 g/mol. The topological polar surface area (TPSA) is 0 Å². The summed E-state index contributed by atoms with van der Waals surface area (Å²) in [5.74, 6) is 4.11. The molecular weight excluding hydrogens is 260 g/mol. The maximum atomic E-state index is 4.10. The minimum atomic E-state index is 1.02. The predicted molar refractivity (Wildman–Crippen MR) is 87.7 cm³/mol. The van der Waals surface area contributed by atoms with Crippen LogP contribution in [-0.2, 0) is 0 Å². The molecule has 0 aliphatic carbocycles. The zero-order chi connectivity index (χ0) is 11.8. The first kappa shape index (κ1) is 18.8. The van der Waals surface area contributed by atoms with Crippen molar-refractivity contribution in [3.63, 3.8) is 0 Å². The van der Waals surface area contributed by atoms with Crippen molar-refractivity contribution in [2.24, 2.45) is 0 Å². The van der Waals surface area contributed by atoms with Crippen molar-refractivity contribution >= 4 is 50.5 Å². The van der Waals surface area contributed by atoms with Gasteiger partial charge in [0, 0.05) is 0 Å². The van der Waals surface area contributed by atoms with E-state index in [9.17, 15) is 0 Å². The largest absolute Gasteiger partial charge is 0.179 e. The molecule has 0 nitrogen and oxygen atoms in total. The third-order valence-corrected chi connectivity index (χ3v) is 3.15. The number of unbranched alkanes of at least 4 members (excludes halogenated alkanes) is 5. The molecule has 0 fully saturated rings. The molecular formula is C11H26S4. The highest BCUT2D eigenvalue weighted by molar-refractivity contribution is 7.80. The summed E-state index contributed by atoms with van der Waals surface area (Å²) in [5.41, 5.74) is 0. The van der Waals surface area contributed by atoms with Gasteiger partial charge >= 0.3 is 0 Å². The van der Waals surface area contributed by atoms with Gasteiger partial charge in [0.1, 0.15) is 0 Å². The number of rotatable bonds is 9. The van der Waals surface area contributed by atoms with E-state index in [1.54, 1.807) is 0 Å². The third-order valence-electron chi connectivity index (χ3n) is 1.88. The molecule has 0 saturated heterocycles. The lowest BCUT2D eigenvalue weighted by atomic mass is 10.2. The molecule has 0 unspecified atom stereocenters. The molecule has 0 spiro atoms. The van der Waals surface area contributed by atoms with Crippen LogP contribution in [0.25, 0.3) is 0 Å². The molecule has 0 heterocycles. The van der Waals surface area contributed by atoms with Crippen LogP contribution in [0.15, 0.2) is 0 Å². The number of thiol groups is 4. The van der Waals surface area contributed by atoms with Crippen LogP contribution < -0.4 is 0 Å². The lowest BCUT2D eigenvalue weighted by molar-refractivity contribution is 0.713. The van der Waals surface area contributed by atoms with Gasteiger partial charge < -0.3 is 0 Å². The lowest BCUT2D eigenvalue weighted by Crippen LogP contribution is -1.78. The summed E-state index contributed by atoms with van der Waals surface area (Å²) in [6.45, 7) is 0. The van der Waals surface area contributed by atoms with Crippen molar-refractivity contribution in [2.75, 3.05) is 23.0 Å². The van der Waals surface area contributed by atoms with Gasteiger partial charge in [0.05, 0.1) is 0 Å². The second-order valence-electron chi connectivity index (χ2n) is 3.37. The normalized spacial score (nSPS) is 9.60. The first-order valence-corrected chi connectivity index (χ1v) is 8.29. The molecule has 0 aromatic heterocycles. The summed E-state index contributed by atoms with van der Waals surface area (Å²) in [4.78, 5) is 0. The second kappa shape index (κ2) is 20.8. The van der Waals surface area contributed by atoms with E-state index < -0.39 is 0 Å². The molecule has 0 aliphatic rings. The van der Waals surface area contributed by atoms with Crippen LogP contribution in [0.1, 0.15) is 44.9 Å². The van der Waals surface area contributed by atoms with Crippen molar-refractivity contribution in [3.05, 3.63) is 0 Å². The smallest absolute Gasteiger partial charge is 0.00979 e. The van der Waals surface area contributed by atoms with E-state index >= 15 is 0 Å². The predicted octanol–water partition coefficient (Wildman–Crippen LogP) is 4.42. The van der Waals surface area contributed by atoms with Crippen molar-refractivity contribution in [1.82, 2.24) is 0 Å². The first-order chi connectivity index (χ1) is 7.33. The quantitative estimate of drug-likeness (QED) is 0.350. The average molecular weight is 287 g/mol. The van der Waals surface area contributed by atoms with E-state index in [2.05, 4.69) is 50.5 Å². The minimum absolute atomic E-state index is 1.02. The van der Waals surface area contributed by atoms with Gasteiger partial charge in [-0.15, -0.1) is 0 Å². The van der Waals surface area contributed by atoms with Gasteiger partial charge in [0.25, 0.3) is 0 Å². The summed E-state index contributed by atoms with van der Waals surface area (Å²) in [7, 11) is 0. The Kier molecular flexibility index (Phi) is 26.0. The second-order valence-corrected chi connectivity index (χ2v) is 5.16. The molecule has 0 aromatic rings. The third kappa shape index (κ3) is 25.6. The summed E-state index contributed by atoms with van der Waals surface area (Å²) >= 11 is 16.3. The zero-order valence-electron chi connectivity index (χ0n) is 9.57. The Morgan fingerprint density at radius 3 is 0.733 bits per heavy atom. The summed E-state index contributed by atoms with van der Waals surface area (Å²) in [6.07, 6.45) is 8.93. The Morgan fingerprint density at radius 1 is 0.333 bits per heavy atom. The van der Waals surface area contributed by atoms with Crippen LogP contribution in [0.5, 0.6) is 0 Å². The van der Waals surface area contributed by atoms with Crippen LogP contribution in [0.3, 0.4) is 0 Å². The first-order valence-electron chi connectivity index (χ1n) is 5.76. The van der Waals surface area contributed by atoms with Crippen molar-refractivity contribution in [3.8, 4) is 0 Å². The van der Waals surface area contributed by atoms with Gasteiger partial charge in [0.2, 0.25) is 0 Å². The van der Waals surface area contributed by atoms with E-state index in [0.29, 0.717) is 0 Å². The molecule has 15 heavy (non-hydrogen) atoms. The van der Waals surface area contributed by atoms with E-state index in [1.807, 2.05) is 0 Å². The van der Waals surface area contributed by atoms with Gasteiger partial charge in [-0.05, 0) is 48.7 Å². The highest BCUT2D eigenvalue weighted by Gasteiger charge is 1.84. The molecule has 0 saturated carbocycles. The van der Waals surface area contributed by atoms with E-state index in [4.69, 9.17) is 0 Å². The Bertz CT molecular complexity index is 78.7. The van der Waals surface area contributed by atoms with Crippen LogP contribution in [-0.4, -0.2) is 23.0 Å². The van der Waals surface area contributed by atoms with Crippen molar-refractivity contribution < 1.29 is 0 Å². The molecule has 0 N–H and O–H groups in total. The van der Waals surface area contributed by atoms with Crippen LogP contribution in [0, 0.1) is 0 Å². The fourth-order valence-electron chi connectivity index (χ4n) is 0.978. The number of hydrogen-bond acceptors (Lipinski definition) is 4. The van der Waals surface area contributed by atoms with E-state index in [-0.39, 0.29) is 0 Å². The van der Waals surface area contributed by atoms with Gasteiger partial charge in [-0.1, -0.05) is 19.3 Å².